The number of hydrogen-bond donors (Lipinski definition) is 2. The minimum Gasteiger partial charge on any atom is -0.508 e. The van der Waals surface area contributed by atoms with Gasteiger partial charge in [-0.05, 0) is 43.0 Å². The standard InChI is InChI=1S/C16H19NO3.HO.H2/c1-2-12(13-5-3-6-14(18)11-13)9-10-17-15(19)7-4-8-16(17)20;;/h2-3,5-6,11,18H,4,7-10H2,1H3;2*1H/b12-2-;;. The number of allylic oxidation sites excluding steroid dienone is 1. The molecule has 0 saturated carbocycles. The molecule has 21 heavy (non-hydrogen) atoms. The van der Waals surface area contributed by atoms with Crippen LogP contribution in [0.25, 0.3) is 5.57 Å². The van der Waals surface area contributed by atoms with Crippen LogP contribution >= 0.6 is 0 Å². The first-order valence-corrected chi connectivity index (χ1v) is 6.89. The van der Waals surface area contributed by atoms with Crippen molar-refractivity contribution in [2.45, 2.75) is 32.6 Å². The monoisotopic (exact) mass is 292 g/mol. The maximum atomic E-state index is 11.7. The first kappa shape index (κ1) is 16.9. The molecule has 5 heteroatoms. The lowest BCUT2D eigenvalue weighted by molar-refractivity contribution is -0.147. The van der Waals surface area contributed by atoms with Crippen LogP contribution in [0.15, 0.2) is 30.3 Å². The Kier molecular flexibility index (Phi) is 6.11. The van der Waals surface area contributed by atoms with Crippen LogP contribution in [0.2, 0.25) is 0 Å². The van der Waals surface area contributed by atoms with Gasteiger partial charge in [0.1, 0.15) is 5.75 Å². The van der Waals surface area contributed by atoms with E-state index in [4.69, 9.17) is 0 Å². The van der Waals surface area contributed by atoms with Gasteiger partial charge in [-0.2, -0.15) is 0 Å². The van der Waals surface area contributed by atoms with Crippen LogP contribution < -0.4 is 0 Å². The minimum absolute atomic E-state index is 0. The lowest BCUT2D eigenvalue weighted by Gasteiger charge is -2.25. The molecule has 1 aliphatic rings. The molecule has 0 aliphatic carbocycles. The van der Waals surface area contributed by atoms with Crippen LogP contribution in [0.1, 0.15) is 39.6 Å². The molecule has 0 bridgehead atoms. The number of imide groups is 1. The molecular weight excluding hydrogens is 270 g/mol. The molecule has 0 spiro atoms. The van der Waals surface area contributed by atoms with Crippen molar-refractivity contribution in [3.8, 4) is 5.75 Å². The predicted molar refractivity (Wildman–Crippen MR) is 81.0 cm³/mol. The second kappa shape index (κ2) is 7.59. The average Bonchev–Trinajstić information content (AvgIpc) is 2.42. The highest BCUT2D eigenvalue weighted by Crippen LogP contribution is 2.23. The van der Waals surface area contributed by atoms with Crippen LogP contribution in [0, 0.1) is 0 Å². The maximum Gasteiger partial charge on any atom is 0.229 e. The van der Waals surface area contributed by atoms with E-state index in [0.29, 0.717) is 32.2 Å². The largest absolute Gasteiger partial charge is 0.508 e. The highest BCUT2D eigenvalue weighted by atomic mass is 16.3. The third kappa shape index (κ3) is 4.16. The van der Waals surface area contributed by atoms with Gasteiger partial charge in [-0.3, -0.25) is 20.0 Å². The molecule has 115 valence electrons. The molecule has 2 amide bonds. The summed E-state index contributed by atoms with van der Waals surface area (Å²) < 4.78 is 0. The molecule has 5 nitrogen and oxygen atoms in total. The molecule has 1 aromatic carbocycles. The third-order valence-corrected chi connectivity index (χ3v) is 3.55. The number of hydrogen-bond acceptors (Lipinski definition) is 3. The highest BCUT2D eigenvalue weighted by molar-refractivity contribution is 5.97. The van der Waals surface area contributed by atoms with Crippen molar-refractivity contribution in [3.05, 3.63) is 35.9 Å². The van der Waals surface area contributed by atoms with Gasteiger partial charge >= 0.3 is 0 Å². The summed E-state index contributed by atoms with van der Waals surface area (Å²) in [6, 6.07) is 7.00. The van der Waals surface area contributed by atoms with E-state index in [1.54, 1.807) is 18.2 Å². The molecular formula is C16H22NO4. The topological polar surface area (TPSA) is 87.6 Å². The Bertz CT molecular complexity index is 541. The smallest absolute Gasteiger partial charge is 0.229 e. The van der Waals surface area contributed by atoms with Gasteiger partial charge in [0.15, 0.2) is 0 Å². The van der Waals surface area contributed by atoms with Gasteiger partial charge in [0.2, 0.25) is 11.8 Å². The van der Waals surface area contributed by atoms with Crippen molar-refractivity contribution in [1.29, 1.82) is 0 Å². The van der Waals surface area contributed by atoms with E-state index >= 15 is 0 Å². The molecule has 1 saturated heterocycles. The summed E-state index contributed by atoms with van der Waals surface area (Å²) in [5, 5.41) is 9.51. The first-order chi connectivity index (χ1) is 9.61. The van der Waals surface area contributed by atoms with Crippen LogP contribution in [-0.2, 0) is 9.59 Å². The van der Waals surface area contributed by atoms with E-state index in [0.717, 1.165) is 11.1 Å². The van der Waals surface area contributed by atoms with Crippen molar-refractivity contribution >= 4 is 17.4 Å². The third-order valence-electron chi connectivity index (χ3n) is 3.55. The van der Waals surface area contributed by atoms with Gasteiger partial charge in [-0.1, -0.05) is 18.2 Å². The molecule has 1 fully saturated rings. The zero-order valence-electron chi connectivity index (χ0n) is 12.1. The zero-order valence-corrected chi connectivity index (χ0v) is 12.1. The molecule has 1 radical (unpaired) electrons. The van der Waals surface area contributed by atoms with E-state index < -0.39 is 0 Å². The van der Waals surface area contributed by atoms with E-state index in [2.05, 4.69) is 0 Å². The number of nitrogens with zero attached hydrogens (tertiary/aromatic N) is 1. The van der Waals surface area contributed by atoms with Crippen LogP contribution in [0.3, 0.4) is 0 Å². The highest BCUT2D eigenvalue weighted by Gasteiger charge is 2.25. The Morgan fingerprint density at radius 3 is 2.57 bits per heavy atom. The lowest BCUT2D eigenvalue weighted by Crippen LogP contribution is -2.40. The Morgan fingerprint density at radius 2 is 2.00 bits per heavy atom. The predicted octanol–water partition coefficient (Wildman–Crippen LogP) is 2.79. The number of rotatable bonds is 4. The first-order valence-electron chi connectivity index (χ1n) is 6.89. The normalized spacial score (nSPS) is 15.9. The number of phenols is 1. The van der Waals surface area contributed by atoms with Gasteiger partial charge in [-0.15, -0.1) is 0 Å². The molecule has 2 N–H and O–H groups in total. The number of likely N-dealkylation sites (tertiary alicyclic amines) is 1. The summed E-state index contributed by atoms with van der Waals surface area (Å²) in [5.41, 5.74) is 1.94. The van der Waals surface area contributed by atoms with Gasteiger partial charge in [0, 0.05) is 20.8 Å². The molecule has 0 atom stereocenters. The second-order valence-corrected chi connectivity index (χ2v) is 4.91. The van der Waals surface area contributed by atoms with Gasteiger partial charge in [-0.25, -0.2) is 0 Å². The zero-order chi connectivity index (χ0) is 14.5. The fourth-order valence-corrected chi connectivity index (χ4v) is 2.44. The Balaban J connectivity index is 0.00000220. The molecule has 0 unspecified atom stereocenters. The summed E-state index contributed by atoms with van der Waals surface area (Å²) in [6.45, 7) is 2.33. The summed E-state index contributed by atoms with van der Waals surface area (Å²) >= 11 is 0. The molecule has 0 aromatic heterocycles. The van der Waals surface area contributed by atoms with Crippen molar-refractivity contribution in [3.63, 3.8) is 0 Å². The van der Waals surface area contributed by atoms with Gasteiger partial charge in [0.25, 0.3) is 0 Å². The van der Waals surface area contributed by atoms with Crippen molar-refractivity contribution in [2.24, 2.45) is 0 Å². The number of aromatic hydroxyl groups is 1. The number of carbonyl (C=O) groups is 2. The van der Waals surface area contributed by atoms with Crippen LogP contribution in [0.5, 0.6) is 5.75 Å². The average molecular weight is 292 g/mol. The van der Waals surface area contributed by atoms with Crippen LogP contribution in [0.4, 0.5) is 0 Å². The summed E-state index contributed by atoms with van der Waals surface area (Å²) in [6.07, 6.45) is 4.15. The van der Waals surface area contributed by atoms with Crippen molar-refractivity contribution in [2.75, 3.05) is 6.54 Å². The van der Waals surface area contributed by atoms with E-state index in [-0.39, 0.29) is 24.5 Å². The number of carbonyl (C=O) groups excluding carboxylic acids is 2. The summed E-state index contributed by atoms with van der Waals surface area (Å²) in [5.74, 6) is 0.0622. The molecule has 1 heterocycles. The lowest BCUT2D eigenvalue weighted by atomic mass is 10.0. The quantitative estimate of drug-likeness (QED) is 0.836. The number of benzene rings is 1. The molecule has 1 aliphatic heterocycles. The SMILES string of the molecule is C/C=C(/CCN1C(=O)CCCC1=O)c1cccc(O)c1.[HH].[OH]. The molecule has 1 aromatic rings. The number of phenolic OH excluding ortho intramolecular Hbond substituents is 1. The Hall–Kier alpha value is -2.14. The summed E-state index contributed by atoms with van der Waals surface area (Å²) in [4.78, 5) is 24.8. The van der Waals surface area contributed by atoms with E-state index in [9.17, 15) is 14.7 Å². The van der Waals surface area contributed by atoms with E-state index in [1.807, 2.05) is 19.1 Å². The van der Waals surface area contributed by atoms with Gasteiger partial charge in [0.05, 0.1) is 0 Å². The number of piperidine rings is 1. The Labute approximate surface area is 125 Å². The fraction of sp³-hybridized carbons (Fsp3) is 0.375. The minimum atomic E-state index is -0.0763. The Morgan fingerprint density at radius 1 is 1.33 bits per heavy atom. The maximum absolute atomic E-state index is 11.7. The van der Waals surface area contributed by atoms with Crippen LogP contribution in [-0.4, -0.2) is 33.8 Å². The van der Waals surface area contributed by atoms with Gasteiger partial charge < -0.3 is 5.11 Å². The number of amides is 2. The van der Waals surface area contributed by atoms with E-state index in [1.165, 1.54) is 4.90 Å². The molecule has 2 rings (SSSR count). The second-order valence-electron chi connectivity index (χ2n) is 4.91. The fourth-order valence-electron chi connectivity index (χ4n) is 2.44. The van der Waals surface area contributed by atoms with Crippen molar-refractivity contribution in [1.82, 2.24) is 4.90 Å². The summed E-state index contributed by atoms with van der Waals surface area (Å²) in [7, 11) is 0. The van der Waals surface area contributed by atoms with Crippen molar-refractivity contribution < 1.29 is 21.6 Å².